The first-order valence-corrected chi connectivity index (χ1v) is 11.9. The third kappa shape index (κ3) is 4.31. The van der Waals surface area contributed by atoms with E-state index in [9.17, 15) is 0 Å². The lowest BCUT2D eigenvalue weighted by molar-refractivity contribution is 0.287. The molecular formula is C22H22OSi. The smallest absolute Gasteiger partial charge is 0.138 e. The molecule has 0 saturated heterocycles. The molecule has 0 aromatic heterocycles. The Morgan fingerprint density at radius 3 is 2.42 bits per heavy atom. The van der Waals surface area contributed by atoms with Crippen LogP contribution in [0.15, 0.2) is 42.5 Å². The van der Waals surface area contributed by atoms with E-state index in [1.165, 1.54) is 5.56 Å². The van der Waals surface area contributed by atoms with E-state index in [4.69, 9.17) is 4.74 Å². The molecule has 0 fully saturated rings. The molecule has 0 saturated carbocycles. The maximum atomic E-state index is 5.90. The molecule has 1 aliphatic rings. The van der Waals surface area contributed by atoms with E-state index >= 15 is 0 Å². The summed E-state index contributed by atoms with van der Waals surface area (Å²) in [6.45, 7) is 7.55. The van der Waals surface area contributed by atoms with Crippen molar-refractivity contribution in [3.63, 3.8) is 0 Å². The fourth-order valence-corrected chi connectivity index (χ4v) is 3.08. The van der Waals surface area contributed by atoms with Gasteiger partial charge in [-0.25, -0.2) is 0 Å². The summed E-state index contributed by atoms with van der Waals surface area (Å²) in [5, 5.41) is 0. The second-order valence-electron chi connectivity index (χ2n) is 7.08. The van der Waals surface area contributed by atoms with Gasteiger partial charge in [-0.1, -0.05) is 55.6 Å². The Kier molecular flexibility index (Phi) is 4.79. The lowest BCUT2D eigenvalue weighted by Crippen LogP contribution is -2.16. The maximum Gasteiger partial charge on any atom is 0.138 e. The number of ether oxygens (including phenoxy) is 1. The van der Waals surface area contributed by atoms with Crippen LogP contribution in [0.3, 0.4) is 0 Å². The average Bonchev–Trinajstić information content (AvgIpc) is 2.58. The fourth-order valence-electron chi connectivity index (χ4n) is 2.57. The first-order chi connectivity index (χ1) is 11.5. The highest BCUT2D eigenvalue weighted by Gasteiger charge is 2.16. The molecule has 0 bridgehead atoms. The normalized spacial score (nSPS) is 12.8. The third-order valence-corrected chi connectivity index (χ3v) is 4.57. The third-order valence-electron chi connectivity index (χ3n) is 3.70. The van der Waals surface area contributed by atoms with Gasteiger partial charge in [0, 0.05) is 11.1 Å². The molecule has 0 N–H and O–H groups in total. The van der Waals surface area contributed by atoms with Crippen molar-refractivity contribution in [2.45, 2.75) is 32.5 Å². The first-order valence-electron chi connectivity index (χ1n) is 8.41. The monoisotopic (exact) mass is 330 g/mol. The van der Waals surface area contributed by atoms with Crippen LogP contribution in [0, 0.1) is 23.3 Å². The molecule has 2 heteroatoms. The van der Waals surface area contributed by atoms with Crippen LogP contribution < -0.4 is 4.74 Å². The minimum atomic E-state index is -1.43. The lowest BCUT2D eigenvalue weighted by Gasteiger charge is -2.19. The van der Waals surface area contributed by atoms with Gasteiger partial charge >= 0.3 is 0 Å². The van der Waals surface area contributed by atoms with E-state index in [2.05, 4.69) is 55.1 Å². The number of hydrogen-bond donors (Lipinski definition) is 0. The van der Waals surface area contributed by atoms with Crippen molar-refractivity contribution in [3.8, 4) is 29.1 Å². The Morgan fingerprint density at radius 2 is 1.67 bits per heavy atom. The van der Waals surface area contributed by atoms with E-state index in [0.29, 0.717) is 0 Å². The second-order valence-corrected chi connectivity index (χ2v) is 11.8. The molecule has 1 heterocycles. The van der Waals surface area contributed by atoms with Gasteiger partial charge in [-0.05, 0) is 42.7 Å². The maximum absolute atomic E-state index is 5.90. The van der Waals surface area contributed by atoms with E-state index in [0.717, 1.165) is 41.9 Å². The number of fused-ring (bicyclic) bond motifs is 1. The van der Waals surface area contributed by atoms with E-state index in [1.807, 2.05) is 30.3 Å². The van der Waals surface area contributed by atoms with Crippen molar-refractivity contribution < 1.29 is 4.74 Å². The van der Waals surface area contributed by atoms with E-state index in [-0.39, 0.29) is 0 Å². The van der Waals surface area contributed by atoms with Gasteiger partial charge < -0.3 is 4.74 Å². The predicted molar refractivity (Wildman–Crippen MR) is 103 cm³/mol. The average molecular weight is 331 g/mol. The molecule has 1 aliphatic heterocycles. The molecule has 0 amide bonds. The van der Waals surface area contributed by atoms with Crippen LogP contribution in [-0.2, 0) is 6.42 Å². The standard InChI is InChI=1S/C22H22OSi/c1-24(2,3)15-13-21-17-19(12-11-18-8-5-4-6-9-18)16-20-10-7-14-23-22(20)21/h4-6,8-9,16-17H,7,10,14H2,1-3H3. The fraction of sp³-hybridized carbons (Fsp3) is 0.273. The van der Waals surface area contributed by atoms with Gasteiger partial charge in [0.25, 0.3) is 0 Å². The van der Waals surface area contributed by atoms with Gasteiger partial charge in [0.05, 0.1) is 12.2 Å². The quantitative estimate of drug-likeness (QED) is 0.505. The lowest BCUT2D eigenvalue weighted by atomic mass is 9.99. The van der Waals surface area contributed by atoms with Crippen molar-refractivity contribution in [2.24, 2.45) is 0 Å². The molecular weight excluding hydrogens is 308 g/mol. The Bertz CT molecular complexity index is 852. The van der Waals surface area contributed by atoms with E-state index < -0.39 is 8.07 Å². The van der Waals surface area contributed by atoms with Crippen molar-refractivity contribution in [3.05, 3.63) is 64.7 Å². The Balaban J connectivity index is 2.02. The molecule has 120 valence electrons. The number of benzene rings is 2. The predicted octanol–water partition coefficient (Wildman–Crippen LogP) is 4.64. The summed E-state index contributed by atoms with van der Waals surface area (Å²) in [4.78, 5) is 0. The van der Waals surface area contributed by atoms with Crippen LogP contribution in [0.5, 0.6) is 5.75 Å². The molecule has 0 unspecified atom stereocenters. The topological polar surface area (TPSA) is 9.23 Å². The summed E-state index contributed by atoms with van der Waals surface area (Å²) in [7, 11) is -1.43. The summed E-state index contributed by atoms with van der Waals surface area (Å²) in [6.07, 6.45) is 2.10. The van der Waals surface area contributed by atoms with Gasteiger partial charge in [0.1, 0.15) is 13.8 Å². The van der Waals surface area contributed by atoms with Crippen LogP contribution >= 0.6 is 0 Å². The van der Waals surface area contributed by atoms with Crippen LogP contribution in [0.2, 0.25) is 19.6 Å². The van der Waals surface area contributed by atoms with Crippen molar-refractivity contribution >= 4 is 8.07 Å². The summed E-state index contributed by atoms with van der Waals surface area (Å²) in [5.74, 6) is 10.9. The minimum absolute atomic E-state index is 0.781. The van der Waals surface area contributed by atoms with E-state index in [1.54, 1.807) is 0 Å². The molecule has 0 aliphatic carbocycles. The molecule has 3 rings (SSSR count). The summed E-state index contributed by atoms with van der Waals surface area (Å²) < 4.78 is 5.90. The molecule has 0 atom stereocenters. The SMILES string of the molecule is C[Si](C)(C)C#Cc1cc(C#Cc2ccccc2)cc2c1OCCC2. The van der Waals surface area contributed by atoms with Crippen LogP contribution in [-0.4, -0.2) is 14.7 Å². The van der Waals surface area contributed by atoms with Crippen molar-refractivity contribution in [2.75, 3.05) is 6.61 Å². The Hall–Kier alpha value is -2.42. The van der Waals surface area contributed by atoms with Crippen molar-refractivity contribution in [1.29, 1.82) is 0 Å². The molecule has 1 nitrogen and oxygen atoms in total. The zero-order chi connectivity index (χ0) is 17.0. The van der Waals surface area contributed by atoms with Gasteiger partial charge in [-0.2, -0.15) is 0 Å². The Labute approximate surface area is 146 Å². The first kappa shape index (κ1) is 16.4. The second kappa shape index (κ2) is 6.99. The van der Waals surface area contributed by atoms with Crippen LogP contribution in [0.25, 0.3) is 0 Å². The van der Waals surface area contributed by atoms with Crippen molar-refractivity contribution in [1.82, 2.24) is 0 Å². The van der Waals surface area contributed by atoms with Gasteiger partial charge in [-0.15, -0.1) is 5.54 Å². The van der Waals surface area contributed by atoms with Gasteiger partial charge in [0.15, 0.2) is 0 Å². The Morgan fingerprint density at radius 1 is 0.917 bits per heavy atom. The summed E-state index contributed by atoms with van der Waals surface area (Å²) in [5.41, 5.74) is 7.73. The molecule has 2 aromatic carbocycles. The zero-order valence-corrected chi connectivity index (χ0v) is 15.6. The molecule has 0 spiro atoms. The van der Waals surface area contributed by atoms with Crippen LogP contribution in [0.4, 0.5) is 0 Å². The van der Waals surface area contributed by atoms with Crippen LogP contribution in [0.1, 0.15) is 28.7 Å². The van der Waals surface area contributed by atoms with Gasteiger partial charge in [-0.3, -0.25) is 0 Å². The largest absolute Gasteiger partial charge is 0.492 e. The summed E-state index contributed by atoms with van der Waals surface area (Å²) in [6, 6.07) is 14.3. The summed E-state index contributed by atoms with van der Waals surface area (Å²) >= 11 is 0. The minimum Gasteiger partial charge on any atom is -0.492 e. The zero-order valence-electron chi connectivity index (χ0n) is 14.6. The van der Waals surface area contributed by atoms with Gasteiger partial charge in [0.2, 0.25) is 0 Å². The highest BCUT2D eigenvalue weighted by Crippen LogP contribution is 2.30. The molecule has 0 radical (unpaired) electrons. The molecule has 24 heavy (non-hydrogen) atoms. The highest BCUT2D eigenvalue weighted by atomic mass is 28.3. The number of aryl methyl sites for hydroxylation is 1. The molecule has 2 aromatic rings. The highest BCUT2D eigenvalue weighted by molar-refractivity contribution is 6.83. The number of hydrogen-bond acceptors (Lipinski definition) is 1. The number of rotatable bonds is 0.